The Morgan fingerprint density at radius 1 is 1.07 bits per heavy atom. The Kier molecular flexibility index (Phi) is 7.31. The molecule has 1 atom stereocenters. The molecule has 1 heterocycles. The standard InChI is InChI=1S/C22H28ClN3O2/c1-17-4-3-5-18(2)22(17)26-12-10-25(11-13-26)15-21(27)16-28-24-14-19-6-8-20(23)9-7-19/h3-9,14,21,27H,10-13,15-16H2,1-2H3. The molecule has 3 rings (SSSR count). The molecular formula is C22H28ClN3O2. The van der Waals surface area contributed by atoms with Gasteiger partial charge < -0.3 is 14.8 Å². The van der Waals surface area contributed by atoms with Crippen LogP contribution >= 0.6 is 11.6 Å². The second-order valence-electron chi connectivity index (χ2n) is 7.26. The minimum atomic E-state index is -0.561. The van der Waals surface area contributed by atoms with Gasteiger partial charge in [-0.05, 0) is 42.7 Å². The van der Waals surface area contributed by atoms with Crippen LogP contribution in [0.3, 0.4) is 0 Å². The van der Waals surface area contributed by atoms with E-state index in [4.69, 9.17) is 16.4 Å². The summed E-state index contributed by atoms with van der Waals surface area (Å²) in [4.78, 5) is 9.97. The maximum Gasteiger partial charge on any atom is 0.144 e. The summed E-state index contributed by atoms with van der Waals surface area (Å²) in [6.07, 6.45) is 1.06. The monoisotopic (exact) mass is 401 g/mol. The zero-order chi connectivity index (χ0) is 19.9. The van der Waals surface area contributed by atoms with Crippen molar-refractivity contribution >= 4 is 23.5 Å². The normalized spacial score (nSPS) is 16.5. The summed E-state index contributed by atoms with van der Waals surface area (Å²) in [6, 6.07) is 13.8. The Hall–Kier alpha value is -2.08. The molecule has 0 aliphatic carbocycles. The van der Waals surface area contributed by atoms with Crippen molar-refractivity contribution in [3.05, 3.63) is 64.2 Å². The minimum absolute atomic E-state index is 0.182. The van der Waals surface area contributed by atoms with E-state index in [1.54, 1.807) is 18.3 Å². The van der Waals surface area contributed by atoms with Gasteiger partial charge >= 0.3 is 0 Å². The van der Waals surface area contributed by atoms with Crippen LogP contribution in [0.4, 0.5) is 5.69 Å². The van der Waals surface area contributed by atoms with Crippen LogP contribution in [0.25, 0.3) is 0 Å². The van der Waals surface area contributed by atoms with E-state index in [1.807, 2.05) is 12.1 Å². The molecule has 2 aromatic rings. The number of halogens is 1. The highest BCUT2D eigenvalue weighted by Gasteiger charge is 2.21. The average Bonchev–Trinajstić information content (AvgIpc) is 2.68. The maximum absolute atomic E-state index is 10.2. The van der Waals surface area contributed by atoms with Crippen LogP contribution < -0.4 is 4.90 Å². The number of oxime groups is 1. The number of aryl methyl sites for hydroxylation is 2. The maximum atomic E-state index is 10.2. The van der Waals surface area contributed by atoms with Gasteiger partial charge in [0.25, 0.3) is 0 Å². The van der Waals surface area contributed by atoms with Crippen molar-refractivity contribution in [3.63, 3.8) is 0 Å². The van der Waals surface area contributed by atoms with Gasteiger partial charge in [-0.1, -0.05) is 47.1 Å². The summed E-state index contributed by atoms with van der Waals surface area (Å²) in [5, 5.41) is 14.8. The van der Waals surface area contributed by atoms with Gasteiger partial charge in [0.2, 0.25) is 0 Å². The molecule has 0 radical (unpaired) electrons. The second-order valence-corrected chi connectivity index (χ2v) is 7.70. The molecule has 150 valence electrons. The van der Waals surface area contributed by atoms with Crippen LogP contribution in [0.5, 0.6) is 0 Å². The lowest BCUT2D eigenvalue weighted by atomic mass is 10.1. The highest BCUT2D eigenvalue weighted by Crippen LogP contribution is 2.25. The van der Waals surface area contributed by atoms with Gasteiger partial charge in [0.15, 0.2) is 0 Å². The first-order valence-corrected chi connectivity index (χ1v) is 10.0. The first kappa shape index (κ1) is 20.6. The molecule has 0 aromatic heterocycles. The highest BCUT2D eigenvalue weighted by atomic mass is 35.5. The Morgan fingerprint density at radius 3 is 2.36 bits per heavy atom. The number of rotatable bonds is 7. The third-order valence-electron chi connectivity index (χ3n) is 5.01. The summed E-state index contributed by atoms with van der Waals surface area (Å²) >= 11 is 5.85. The number of para-hydroxylation sites is 1. The van der Waals surface area contributed by atoms with Crippen molar-refractivity contribution in [2.24, 2.45) is 5.16 Å². The number of hydrogen-bond donors (Lipinski definition) is 1. The van der Waals surface area contributed by atoms with E-state index in [1.165, 1.54) is 16.8 Å². The molecule has 6 heteroatoms. The minimum Gasteiger partial charge on any atom is -0.393 e. The Balaban J connectivity index is 1.40. The SMILES string of the molecule is Cc1cccc(C)c1N1CCN(CC(O)CON=Cc2ccc(Cl)cc2)CC1. The van der Waals surface area contributed by atoms with Crippen LogP contribution in [0, 0.1) is 13.8 Å². The zero-order valence-electron chi connectivity index (χ0n) is 16.5. The van der Waals surface area contributed by atoms with Gasteiger partial charge in [0.1, 0.15) is 12.7 Å². The Morgan fingerprint density at radius 2 is 1.71 bits per heavy atom. The van der Waals surface area contributed by atoms with Gasteiger partial charge in [-0.2, -0.15) is 0 Å². The number of hydrogen-bond acceptors (Lipinski definition) is 5. The molecule has 5 nitrogen and oxygen atoms in total. The molecule has 1 fully saturated rings. The van der Waals surface area contributed by atoms with E-state index in [9.17, 15) is 5.11 Å². The van der Waals surface area contributed by atoms with E-state index >= 15 is 0 Å². The van der Waals surface area contributed by atoms with Crippen molar-refractivity contribution in [3.8, 4) is 0 Å². The molecule has 0 bridgehead atoms. The van der Waals surface area contributed by atoms with Crippen LogP contribution in [0.15, 0.2) is 47.6 Å². The van der Waals surface area contributed by atoms with Crippen molar-refractivity contribution in [1.82, 2.24) is 4.90 Å². The fourth-order valence-electron chi connectivity index (χ4n) is 3.59. The van der Waals surface area contributed by atoms with E-state index in [0.29, 0.717) is 11.6 Å². The van der Waals surface area contributed by atoms with Crippen molar-refractivity contribution < 1.29 is 9.94 Å². The third-order valence-corrected chi connectivity index (χ3v) is 5.26. The summed E-state index contributed by atoms with van der Waals surface area (Å²) in [5.41, 5.74) is 4.89. The van der Waals surface area contributed by atoms with E-state index in [-0.39, 0.29) is 6.61 Å². The molecule has 0 saturated carbocycles. The second kappa shape index (κ2) is 9.92. The van der Waals surface area contributed by atoms with Gasteiger partial charge in [-0.15, -0.1) is 0 Å². The molecule has 1 aliphatic heterocycles. The third kappa shape index (κ3) is 5.71. The lowest BCUT2D eigenvalue weighted by Crippen LogP contribution is -2.49. The molecular weight excluding hydrogens is 374 g/mol. The molecule has 28 heavy (non-hydrogen) atoms. The van der Waals surface area contributed by atoms with Crippen LogP contribution in [0.1, 0.15) is 16.7 Å². The van der Waals surface area contributed by atoms with Crippen molar-refractivity contribution in [2.75, 3.05) is 44.2 Å². The summed E-state index contributed by atoms with van der Waals surface area (Å²) in [5.74, 6) is 0. The Bertz CT molecular complexity index is 767. The van der Waals surface area contributed by atoms with Crippen molar-refractivity contribution in [1.29, 1.82) is 0 Å². The molecule has 0 amide bonds. The van der Waals surface area contributed by atoms with E-state index < -0.39 is 6.10 Å². The number of aliphatic hydroxyl groups is 1. The zero-order valence-corrected chi connectivity index (χ0v) is 17.3. The van der Waals surface area contributed by atoms with Crippen LogP contribution in [0.2, 0.25) is 5.02 Å². The summed E-state index contributed by atoms with van der Waals surface area (Å²) in [7, 11) is 0. The summed E-state index contributed by atoms with van der Waals surface area (Å²) in [6.45, 7) is 8.90. The smallest absolute Gasteiger partial charge is 0.144 e. The molecule has 1 unspecified atom stereocenters. The molecule has 2 aromatic carbocycles. The summed E-state index contributed by atoms with van der Waals surface area (Å²) < 4.78 is 0. The lowest BCUT2D eigenvalue weighted by molar-refractivity contribution is 0.0187. The van der Waals surface area contributed by atoms with Crippen LogP contribution in [-0.4, -0.2) is 61.7 Å². The quantitative estimate of drug-likeness (QED) is 0.570. The molecule has 1 saturated heterocycles. The largest absolute Gasteiger partial charge is 0.393 e. The van der Waals surface area contributed by atoms with E-state index in [2.05, 4.69) is 47.0 Å². The first-order chi connectivity index (χ1) is 13.5. The number of β-amino-alcohol motifs (C(OH)–C–C–N with tert-alkyl or cyclic N) is 1. The number of piperazine rings is 1. The number of aliphatic hydroxyl groups excluding tert-OH is 1. The fraction of sp³-hybridized carbons (Fsp3) is 0.409. The topological polar surface area (TPSA) is 48.3 Å². The van der Waals surface area contributed by atoms with E-state index in [0.717, 1.165) is 31.7 Å². The molecule has 1 aliphatic rings. The number of anilines is 1. The van der Waals surface area contributed by atoms with Crippen LogP contribution in [-0.2, 0) is 4.84 Å². The molecule has 1 N–H and O–H groups in total. The highest BCUT2D eigenvalue weighted by molar-refractivity contribution is 6.30. The van der Waals surface area contributed by atoms with Gasteiger partial charge in [-0.3, -0.25) is 4.90 Å². The Labute approximate surface area is 172 Å². The molecule has 0 spiro atoms. The predicted molar refractivity (Wildman–Crippen MR) is 116 cm³/mol. The van der Waals surface area contributed by atoms with Gasteiger partial charge in [0, 0.05) is 43.4 Å². The fourth-order valence-corrected chi connectivity index (χ4v) is 3.71. The van der Waals surface area contributed by atoms with Crippen molar-refractivity contribution in [2.45, 2.75) is 20.0 Å². The number of benzene rings is 2. The van der Waals surface area contributed by atoms with Gasteiger partial charge in [0.05, 0.1) is 6.21 Å². The number of nitrogens with zero attached hydrogens (tertiary/aromatic N) is 3. The van der Waals surface area contributed by atoms with Gasteiger partial charge in [-0.25, -0.2) is 0 Å². The first-order valence-electron chi connectivity index (χ1n) is 9.65. The predicted octanol–water partition coefficient (Wildman–Crippen LogP) is 3.49. The lowest BCUT2D eigenvalue weighted by Gasteiger charge is -2.38. The average molecular weight is 402 g/mol.